The summed E-state index contributed by atoms with van der Waals surface area (Å²) in [6.07, 6.45) is 0. The van der Waals surface area contributed by atoms with Crippen LogP contribution >= 0.6 is 0 Å². The number of likely N-dealkylation sites (N-methyl/N-ethyl adjacent to an activating group) is 1. The molecule has 0 radical (unpaired) electrons. The summed E-state index contributed by atoms with van der Waals surface area (Å²) in [7, 11) is -2.22. The molecule has 0 rings (SSSR count). The van der Waals surface area contributed by atoms with Crippen LogP contribution in [0.25, 0.3) is 0 Å². The van der Waals surface area contributed by atoms with Gasteiger partial charge in [-0.1, -0.05) is 6.92 Å². The first-order valence-corrected chi connectivity index (χ1v) is 6.71. The van der Waals surface area contributed by atoms with Gasteiger partial charge in [-0.15, -0.1) is 0 Å². The molecule has 0 spiro atoms. The smallest absolute Gasteiger partial charge is 0.321 e. The Labute approximate surface area is 96.6 Å². The number of nitrogens with zero attached hydrogens (tertiary/aromatic N) is 1. The van der Waals surface area contributed by atoms with Crippen molar-refractivity contribution >= 4 is 16.0 Å². The Bertz CT molecular complexity index is 301. The Morgan fingerprint density at radius 1 is 1.31 bits per heavy atom. The zero-order valence-corrected chi connectivity index (χ0v) is 10.7. The average molecular weight is 253 g/mol. The molecule has 0 aromatic carbocycles. The Hall–Kier alpha value is -0.660. The molecule has 0 aromatic rings. The minimum atomic E-state index is -3.44. The highest BCUT2D eigenvalue weighted by Gasteiger charge is 2.22. The van der Waals surface area contributed by atoms with E-state index in [0.717, 1.165) is 4.31 Å². The summed E-state index contributed by atoms with van der Waals surface area (Å²) in [6.45, 7) is 4.06. The fourth-order valence-electron chi connectivity index (χ4n) is 1.05. The van der Waals surface area contributed by atoms with Gasteiger partial charge in [0.15, 0.2) is 0 Å². The molecular formula is C9H19NO5S. The zero-order valence-electron chi connectivity index (χ0n) is 9.93. The van der Waals surface area contributed by atoms with Crippen LogP contribution in [0.2, 0.25) is 0 Å². The number of sulfonamides is 1. The van der Waals surface area contributed by atoms with Crippen molar-refractivity contribution in [3.05, 3.63) is 0 Å². The third-order valence-electron chi connectivity index (χ3n) is 1.97. The number of hydrogen-bond donors (Lipinski definition) is 0. The van der Waals surface area contributed by atoms with E-state index in [1.165, 1.54) is 7.11 Å². The van der Waals surface area contributed by atoms with Gasteiger partial charge in [-0.3, -0.25) is 4.79 Å². The van der Waals surface area contributed by atoms with Crippen LogP contribution < -0.4 is 0 Å². The van der Waals surface area contributed by atoms with E-state index < -0.39 is 16.0 Å². The lowest BCUT2D eigenvalue weighted by Crippen LogP contribution is -2.38. The number of rotatable bonds is 8. The molecule has 0 N–H and O–H groups in total. The van der Waals surface area contributed by atoms with Gasteiger partial charge in [0.1, 0.15) is 6.54 Å². The molecule has 0 amide bonds. The summed E-state index contributed by atoms with van der Waals surface area (Å²) in [5.41, 5.74) is 0. The number of carbonyl (C=O) groups excluding carboxylic acids is 1. The van der Waals surface area contributed by atoms with Crippen molar-refractivity contribution < 1.29 is 22.7 Å². The van der Waals surface area contributed by atoms with E-state index in [4.69, 9.17) is 4.74 Å². The second kappa shape index (κ2) is 7.59. The number of hydrogen-bond acceptors (Lipinski definition) is 5. The zero-order chi connectivity index (χ0) is 12.6. The lowest BCUT2D eigenvalue weighted by molar-refractivity contribution is -0.140. The molecule has 0 atom stereocenters. The van der Waals surface area contributed by atoms with Gasteiger partial charge in [0.25, 0.3) is 0 Å². The molecule has 0 aromatic heterocycles. The third kappa shape index (κ3) is 5.43. The van der Waals surface area contributed by atoms with Crippen molar-refractivity contribution in [2.75, 3.05) is 39.2 Å². The van der Waals surface area contributed by atoms with Gasteiger partial charge >= 0.3 is 5.97 Å². The third-order valence-corrected chi connectivity index (χ3v) is 3.83. The minimum Gasteiger partial charge on any atom is -0.468 e. The van der Waals surface area contributed by atoms with Gasteiger partial charge in [0.2, 0.25) is 10.0 Å². The highest BCUT2D eigenvalue weighted by atomic mass is 32.2. The van der Waals surface area contributed by atoms with Gasteiger partial charge in [0.05, 0.1) is 19.5 Å². The van der Waals surface area contributed by atoms with E-state index >= 15 is 0 Å². The second-order valence-electron chi connectivity index (χ2n) is 3.02. The molecule has 0 aliphatic heterocycles. The molecule has 0 fully saturated rings. The Morgan fingerprint density at radius 3 is 2.38 bits per heavy atom. The van der Waals surface area contributed by atoms with Gasteiger partial charge in [-0.05, 0) is 6.92 Å². The maximum atomic E-state index is 11.7. The standard InChI is InChI=1S/C9H19NO5S/c1-4-10(8-9(11)14-3)16(12,13)7-6-15-5-2/h4-8H2,1-3H3. The van der Waals surface area contributed by atoms with E-state index in [2.05, 4.69) is 4.74 Å². The summed E-state index contributed by atoms with van der Waals surface area (Å²) < 4.78 is 33.9. The first-order valence-electron chi connectivity index (χ1n) is 5.10. The second-order valence-corrected chi connectivity index (χ2v) is 5.10. The van der Waals surface area contributed by atoms with Crippen LogP contribution in [0.5, 0.6) is 0 Å². The van der Waals surface area contributed by atoms with Gasteiger partial charge < -0.3 is 9.47 Å². The molecule has 0 unspecified atom stereocenters. The fourth-order valence-corrected chi connectivity index (χ4v) is 2.34. The minimum absolute atomic E-state index is 0.119. The van der Waals surface area contributed by atoms with Crippen LogP contribution in [0.3, 0.4) is 0 Å². The van der Waals surface area contributed by atoms with Gasteiger partial charge in [0, 0.05) is 13.2 Å². The topological polar surface area (TPSA) is 72.9 Å². The van der Waals surface area contributed by atoms with Crippen molar-refractivity contribution in [2.24, 2.45) is 0 Å². The number of esters is 1. The van der Waals surface area contributed by atoms with E-state index in [1.807, 2.05) is 0 Å². The van der Waals surface area contributed by atoms with Gasteiger partial charge in [-0.25, -0.2) is 8.42 Å². The molecule has 7 heteroatoms. The van der Waals surface area contributed by atoms with Crippen LogP contribution in [-0.4, -0.2) is 57.9 Å². The largest absolute Gasteiger partial charge is 0.468 e. The predicted octanol–water partition coefficient (Wildman–Crippen LogP) is -0.152. The first-order chi connectivity index (χ1) is 7.47. The molecule has 96 valence electrons. The van der Waals surface area contributed by atoms with Crippen molar-refractivity contribution in [3.8, 4) is 0 Å². The Kier molecular flexibility index (Phi) is 7.27. The molecule has 0 aliphatic carbocycles. The van der Waals surface area contributed by atoms with Crippen LogP contribution in [0.1, 0.15) is 13.8 Å². The van der Waals surface area contributed by atoms with Crippen molar-refractivity contribution in [3.63, 3.8) is 0 Å². The number of ether oxygens (including phenoxy) is 2. The lowest BCUT2D eigenvalue weighted by atomic mass is 10.6. The number of carbonyl (C=O) groups is 1. The van der Waals surface area contributed by atoms with Gasteiger partial charge in [-0.2, -0.15) is 4.31 Å². The van der Waals surface area contributed by atoms with E-state index in [9.17, 15) is 13.2 Å². The van der Waals surface area contributed by atoms with Crippen LogP contribution in [0.4, 0.5) is 0 Å². The van der Waals surface area contributed by atoms with E-state index in [-0.39, 0.29) is 25.4 Å². The fraction of sp³-hybridized carbons (Fsp3) is 0.889. The van der Waals surface area contributed by atoms with E-state index in [0.29, 0.717) is 6.61 Å². The van der Waals surface area contributed by atoms with Crippen LogP contribution in [0, 0.1) is 0 Å². The predicted molar refractivity (Wildman–Crippen MR) is 59.5 cm³/mol. The maximum absolute atomic E-state index is 11.7. The number of methoxy groups -OCH3 is 1. The monoisotopic (exact) mass is 253 g/mol. The summed E-state index contributed by atoms with van der Waals surface area (Å²) in [6, 6.07) is 0. The molecular weight excluding hydrogens is 234 g/mol. The first kappa shape index (κ1) is 15.3. The molecule has 0 saturated heterocycles. The van der Waals surface area contributed by atoms with Crippen molar-refractivity contribution in [1.82, 2.24) is 4.31 Å². The molecule has 0 saturated carbocycles. The molecule has 6 nitrogen and oxygen atoms in total. The lowest BCUT2D eigenvalue weighted by Gasteiger charge is -2.18. The highest BCUT2D eigenvalue weighted by Crippen LogP contribution is 2.01. The quantitative estimate of drug-likeness (QED) is 0.444. The average Bonchev–Trinajstić information content (AvgIpc) is 2.25. The Balaban J connectivity index is 4.37. The highest BCUT2D eigenvalue weighted by molar-refractivity contribution is 7.89. The maximum Gasteiger partial charge on any atom is 0.321 e. The SMILES string of the molecule is CCOCCS(=O)(=O)N(CC)CC(=O)OC. The molecule has 0 bridgehead atoms. The summed E-state index contributed by atoms with van der Waals surface area (Å²) in [5.74, 6) is -0.687. The summed E-state index contributed by atoms with van der Waals surface area (Å²) in [5, 5.41) is 0. The molecule has 16 heavy (non-hydrogen) atoms. The Morgan fingerprint density at radius 2 is 1.94 bits per heavy atom. The molecule has 0 aliphatic rings. The van der Waals surface area contributed by atoms with Crippen LogP contribution in [-0.2, 0) is 24.3 Å². The summed E-state index contributed by atoms with van der Waals surface area (Å²) >= 11 is 0. The van der Waals surface area contributed by atoms with Crippen molar-refractivity contribution in [1.29, 1.82) is 0 Å². The molecule has 0 heterocycles. The summed E-state index contributed by atoms with van der Waals surface area (Å²) in [4.78, 5) is 11.0. The normalized spacial score (nSPS) is 11.8. The van der Waals surface area contributed by atoms with Crippen LogP contribution in [0.15, 0.2) is 0 Å². The van der Waals surface area contributed by atoms with E-state index in [1.54, 1.807) is 13.8 Å². The van der Waals surface area contributed by atoms with Crippen molar-refractivity contribution in [2.45, 2.75) is 13.8 Å².